The number of halogens is 1. The first kappa shape index (κ1) is 14.1. The Morgan fingerprint density at radius 1 is 1.05 bits per heavy atom. The number of hydrogen-bond acceptors (Lipinski definition) is 2. The van der Waals surface area contributed by atoms with Crippen molar-refractivity contribution in [1.82, 2.24) is 4.90 Å². The Balaban J connectivity index is 1.62. The van der Waals surface area contributed by atoms with Gasteiger partial charge in [0.2, 0.25) is 0 Å². The third kappa shape index (κ3) is 4.05. The second kappa shape index (κ2) is 6.27. The van der Waals surface area contributed by atoms with Gasteiger partial charge in [-0.3, -0.25) is 4.90 Å². The minimum atomic E-state index is -0.152. The molecule has 0 bridgehead atoms. The quantitative estimate of drug-likeness (QED) is 0.821. The zero-order valence-electron chi connectivity index (χ0n) is 12.1. The predicted octanol–water partition coefficient (Wildman–Crippen LogP) is 3.62. The molecule has 0 aliphatic heterocycles. The van der Waals surface area contributed by atoms with Gasteiger partial charge in [-0.2, -0.15) is 0 Å². The zero-order chi connectivity index (χ0) is 14.7. The Morgan fingerprint density at radius 2 is 1.81 bits per heavy atom. The van der Waals surface area contributed by atoms with Crippen LogP contribution >= 0.6 is 0 Å². The minimum absolute atomic E-state index is 0.152. The summed E-state index contributed by atoms with van der Waals surface area (Å²) in [5.74, 6) is -0.152. The molecule has 3 rings (SSSR count). The van der Waals surface area contributed by atoms with Crippen molar-refractivity contribution in [2.24, 2.45) is 0 Å². The highest BCUT2D eigenvalue weighted by molar-refractivity contribution is 5.40. The number of benzene rings is 2. The summed E-state index contributed by atoms with van der Waals surface area (Å²) in [6.07, 6.45) is 3.42. The van der Waals surface area contributed by atoms with Crippen LogP contribution in [-0.4, -0.2) is 17.5 Å². The number of rotatable bonds is 6. The zero-order valence-corrected chi connectivity index (χ0v) is 12.1. The van der Waals surface area contributed by atoms with Crippen LogP contribution in [0.15, 0.2) is 48.5 Å². The van der Waals surface area contributed by atoms with Crippen molar-refractivity contribution in [2.45, 2.75) is 31.8 Å². The fourth-order valence-corrected chi connectivity index (χ4v) is 2.72. The van der Waals surface area contributed by atoms with E-state index in [2.05, 4.69) is 11.0 Å². The summed E-state index contributed by atoms with van der Waals surface area (Å²) in [6, 6.07) is 15.7. The van der Waals surface area contributed by atoms with Gasteiger partial charge in [-0.15, -0.1) is 0 Å². The Bertz CT molecular complexity index is 608. The molecule has 2 N–H and O–H groups in total. The molecule has 2 aromatic carbocycles. The normalized spacial score (nSPS) is 14.6. The fourth-order valence-electron chi connectivity index (χ4n) is 2.72. The van der Waals surface area contributed by atoms with Gasteiger partial charge < -0.3 is 5.73 Å². The van der Waals surface area contributed by atoms with E-state index in [1.54, 1.807) is 12.1 Å². The van der Waals surface area contributed by atoms with Crippen LogP contribution in [0.4, 0.5) is 10.1 Å². The maximum Gasteiger partial charge on any atom is 0.123 e. The molecule has 0 unspecified atom stereocenters. The first-order chi connectivity index (χ1) is 10.2. The van der Waals surface area contributed by atoms with Gasteiger partial charge in [0.1, 0.15) is 5.82 Å². The molecule has 3 heteroatoms. The van der Waals surface area contributed by atoms with E-state index < -0.39 is 0 Å². The van der Waals surface area contributed by atoms with Crippen LogP contribution in [0, 0.1) is 5.82 Å². The van der Waals surface area contributed by atoms with Gasteiger partial charge in [0.05, 0.1) is 0 Å². The van der Waals surface area contributed by atoms with Gasteiger partial charge in [-0.05, 0) is 54.7 Å². The van der Waals surface area contributed by atoms with Crippen molar-refractivity contribution in [2.75, 3.05) is 12.3 Å². The average Bonchev–Trinajstić information content (AvgIpc) is 3.28. The van der Waals surface area contributed by atoms with Crippen LogP contribution in [0.3, 0.4) is 0 Å². The van der Waals surface area contributed by atoms with Crippen molar-refractivity contribution in [3.8, 4) is 0 Å². The van der Waals surface area contributed by atoms with E-state index in [9.17, 15) is 4.39 Å². The van der Waals surface area contributed by atoms with Crippen LogP contribution in [0.5, 0.6) is 0 Å². The van der Waals surface area contributed by atoms with Gasteiger partial charge in [0.25, 0.3) is 0 Å². The number of anilines is 1. The Morgan fingerprint density at radius 3 is 2.52 bits per heavy atom. The van der Waals surface area contributed by atoms with E-state index in [-0.39, 0.29) is 5.82 Å². The third-order valence-corrected chi connectivity index (χ3v) is 3.98. The largest absolute Gasteiger partial charge is 0.399 e. The molecule has 21 heavy (non-hydrogen) atoms. The molecule has 110 valence electrons. The Kier molecular flexibility index (Phi) is 4.20. The molecule has 2 aromatic rings. The summed E-state index contributed by atoms with van der Waals surface area (Å²) >= 11 is 0. The molecular formula is C18H21FN2. The summed E-state index contributed by atoms with van der Waals surface area (Å²) in [5, 5.41) is 0. The highest BCUT2D eigenvalue weighted by Crippen LogP contribution is 2.28. The Hall–Kier alpha value is -1.87. The second-order valence-corrected chi connectivity index (χ2v) is 5.83. The van der Waals surface area contributed by atoms with E-state index in [1.807, 2.05) is 24.3 Å². The molecule has 0 radical (unpaired) electrons. The minimum Gasteiger partial charge on any atom is -0.399 e. The Labute approximate surface area is 125 Å². The van der Waals surface area contributed by atoms with E-state index in [0.717, 1.165) is 30.8 Å². The predicted molar refractivity (Wildman–Crippen MR) is 84.4 cm³/mol. The lowest BCUT2D eigenvalue weighted by molar-refractivity contribution is 0.258. The molecule has 0 amide bonds. The van der Waals surface area contributed by atoms with Crippen LogP contribution in [-0.2, 0) is 13.0 Å². The summed E-state index contributed by atoms with van der Waals surface area (Å²) < 4.78 is 13.2. The molecule has 1 aliphatic rings. The van der Waals surface area contributed by atoms with Crippen LogP contribution in [0.1, 0.15) is 24.0 Å². The molecule has 2 nitrogen and oxygen atoms in total. The molecule has 0 saturated heterocycles. The van der Waals surface area contributed by atoms with Gasteiger partial charge in [-0.25, -0.2) is 4.39 Å². The van der Waals surface area contributed by atoms with Crippen molar-refractivity contribution in [1.29, 1.82) is 0 Å². The van der Waals surface area contributed by atoms with Crippen molar-refractivity contribution < 1.29 is 4.39 Å². The lowest BCUT2D eigenvalue weighted by atomic mass is 10.1. The van der Waals surface area contributed by atoms with Crippen LogP contribution in [0.2, 0.25) is 0 Å². The average molecular weight is 284 g/mol. The fraction of sp³-hybridized carbons (Fsp3) is 0.333. The second-order valence-electron chi connectivity index (χ2n) is 5.83. The van der Waals surface area contributed by atoms with Gasteiger partial charge in [-0.1, -0.05) is 24.3 Å². The summed E-state index contributed by atoms with van der Waals surface area (Å²) in [7, 11) is 0. The van der Waals surface area contributed by atoms with Crippen molar-refractivity contribution in [3.63, 3.8) is 0 Å². The molecular weight excluding hydrogens is 263 g/mol. The molecule has 1 saturated carbocycles. The first-order valence-electron chi connectivity index (χ1n) is 7.53. The monoisotopic (exact) mass is 284 g/mol. The molecule has 0 heterocycles. The lowest BCUT2D eigenvalue weighted by Crippen LogP contribution is -2.28. The number of nitrogens with two attached hydrogens (primary N) is 1. The standard InChI is InChI=1S/C18H21FN2/c19-16-5-1-3-14(11-16)9-10-21(18-7-8-18)13-15-4-2-6-17(20)12-15/h1-6,11-12,18H,7-10,13,20H2. The van der Waals surface area contributed by atoms with Crippen LogP contribution in [0.25, 0.3) is 0 Å². The molecule has 0 spiro atoms. The van der Waals surface area contributed by atoms with Gasteiger partial charge in [0, 0.05) is 24.8 Å². The number of hydrogen-bond donors (Lipinski definition) is 1. The van der Waals surface area contributed by atoms with Crippen molar-refractivity contribution >= 4 is 5.69 Å². The summed E-state index contributed by atoms with van der Waals surface area (Å²) in [4.78, 5) is 2.49. The maximum absolute atomic E-state index is 13.2. The lowest BCUT2D eigenvalue weighted by Gasteiger charge is -2.22. The molecule has 1 aliphatic carbocycles. The van der Waals surface area contributed by atoms with E-state index in [4.69, 9.17) is 5.73 Å². The van der Waals surface area contributed by atoms with E-state index in [0.29, 0.717) is 6.04 Å². The van der Waals surface area contributed by atoms with Gasteiger partial charge in [0.15, 0.2) is 0 Å². The molecule has 0 aromatic heterocycles. The number of nitrogens with zero attached hydrogens (tertiary/aromatic N) is 1. The smallest absolute Gasteiger partial charge is 0.123 e. The SMILES string of the molecule is Nc1cccc(CN(CCc2cccc(F)c2)C2CC2)c1. The van der Waals surface area contributed by atoms with E-state index >= 15 is 0 Å². The molecule has 0 atom stereocenters. The summed E-state index contributed by atoms with van der Waals surface area (Å²) in [6.45, 7) is 1.88. The maximum atomic E-state index is 13.2. The van der Waals surface area contributed by atoms with Crippen LogP contribution < -0.4 is 5.73 Å². The number of nitrogen functional groups attached to an aromatic ring is 1. The first-order valence-corrected chi connectivity index (χ1v) is 7.53. The topological polar surface area (TPSA) is 29.3 Å². The third-order valence-electron chi connectivity index (χ3n) is 3.98. The molecule has 1 fully saturated rings. The van der Waals surface area contributed by atoms with E-state index in [1.165, 1.54) is 24.5 Å². The van der Waals surface area contributed by atoms with Crippen molar-refractivity contribution in [3.05, 3.63) is 65.5 Å². The highest BCUT2D eigenvalue weighted by atomic mass is 19.1. The summed E-state index contributed by atoms with van der Waals surface area (Å²) in [5.41, 5.74) is 8.98. The highest BCUT2D eigenvalue weighted by Gasteiger charge is 2.28. The van der Waals surface area contributed by atoms with Gasteiger partial charge >= 0.3 is 0 Å².